The molecule has 1 unspecified atom stereocenters. The predicted molar refractivity (Wildman–Crippen MR) is 235 cm³/mol. The molecule has 340 valence electrons. The van der Waals surface area contributed by atoms with Crippen LogP contribution in [0.25, 0.3) is 0 Å². The van der Waals surface area contributed by atoms with Crippen molar-refractivity contribution in [1.82, 2.24) is 0 Å². The summed E-state index contributed by atoms with van der Waals surface area (Å²) in [5, 5.41) is 31.4. The fraction of sp³-hybridized carbons (Fsp3) is 0.739. The monoisotopic (exact) mass is 855 g/mol. The molecule has 0 radical (unpaired) electrons. The Kier molecular flexibility index (Phi) is 30.8. The van der Waals surface area contributed by atoms with Gasteiger partial charge in [-0.2, -0.15) is 0 Å². The number of ether oxygens (including phenoxy) is 2. The summed E-state index contributed by atoms with van der Waals surface area (Å²) < 4.78 is 34.2. The van der Waals surface area contributed by atoms with Crippen molar-refractivity contribution in [2.75, 3.05) is 47.5 Å². The number of likely N-dealkylation sites (N-methyl/N-ethyl adjacent to an activating group) is 1. The summed E-state index contributed by atoms with van der Waals surface area (Å²) in [5.74, 6) is -1.76. The van der Waals surface area contributed by atoms with Gasteiger partial charge in [-0.25, -0.2) is 4.57 Å². The van der Waals surface area contributed by atoms with E-state index in [4.69, 9.17) is 18.5 Å². The second kappa shape index (κ2) is 33.2. The summed E-state index contributed by atoms with van der Waals surface area (Å²) in [5.41, 5.74) is 0. The average molecular weight is 855 g/mol. The van der Waals surface area contributed by atoms with Crippen LogP contribution in [0, 0.1) is 11.8 Å². The number of esters is 2. The van der Waals surface area contributed by atoms with Gasteiger partial charge in [-0.05, 0) is 63.7 Å². The number of quaternary nitrogens is 1. The summed E-state index contributed by atoms with van der Waals surface area (Å²) in [6.07, 6.45) is 32.5. The van der Waals surface area contributed by atoms with E-state index in [1.54, 1.807) is 24.3 Å². The van der Waals surface area contributed by atoms with Crippen molar-refractivity contribution in [3.05, 3.63) is 60.8 Å². The fourth-order valence-electron chi connectivity index (χ4n) is 6.52. The minimum Gasteiger partial charge on any atom is -0.462 e. The first-order valence-corrected chi connectivity index (χ1v) is 23.8. The molecule has 0 heterocycles. The number of rotatable bonds is 35. The van der Waals surface area contributed by atoms with Crippen LogP contribution in [0.3, 0.4) is 0 Å². The number of phosphoric ester groups is 1. The number of aliphatic hydroxyl groups excluding tert-OH is 3. The van der Waals surface area contributed by atoms with Crippen molar-refractivity contribution in [1.29, 1.82) is 0 Å². The number of unbranched alkanes of at least 4 members (excludes halogenated alkanes) is 9. The third kappa shape index (κ3) is 30.3. The molecule has 0 aromatic rings. The van der Waals surface area contributed by atoms with E-state index < -0.39 is 50.8 Å². The molecular formula is C46H81NO11P+. The highest BCUT2D eigenvalue weighted by Crippen LogP contribution is 2.43. The predicted octanol–water partition coefficient (Wildman–Crippen LogP) is 8.84. The highest BCUT2D eigenvalue weighted by Gasteiger charge is 2.39. The summed E-state index contributed by atoms with van der Waals surface area (Å²) in [6.45, 7) is 3.86. The van der Waals surface area contributed by atoms with E-state index >= 15 is 0 Å². The summed E-state index contributed by atoms with van der Waals surface area (Å²) in [6, 6.07) is 0. The average Bonchev–Trinajstić information content (AvgIpc) is 3.44. The number of carbonyl (C=O) groups excluding carboxylic acids is 2. The maximum Gasteiger partial charge on any atom is 0.472 e. The number of aliphatic hydroxyl groups is 3. The van der Waals surface area contributed by atoms with E-state index in [-0.39, 0.29) is 44.3 Å². The standard InChI is InChI=1S/C46H80NO11P/c1-6-8-10-11-12-13-14-15-16-17-18-19-20-21-22-23-25-30-45(51)55-37-40(38-57-59(53,54)56-35-34-47(3,4)5)58-46(52)31-27-26-29-41-42(44(50)36-43(41)49)33-32-39(48)28-24-9-7-2/h12-13,15-16,18-19,26-27,32-33,39-44,48-50H,6-11,14,17,20-25,28-31,34-38H2,1-5H3/p+1/b13-12-,16-15-,19-18-,27-26-,33-32+/t39-,40-,41+,42-,43+,44-/m1/s1. The van der Waals surface area contributed by atoms with Crippen LogP contribution in [0.1, 0.15) is 136 Å². The van der Waals surface area contributed by atoms with Gasteiger partial charge in [0.2, 0.25) is 0 Å². The minimum atomic E-state index is -4.48. The van der Waals surface area contributed by atoms with Crippen LogP contribution in [0.15, 0.2) is 60.8 Å². The van der Waals surface area contributed by atoms with Crippen LogP contribution < -0.4 is 0 Å². The third-order valence-corrected chi connectivity index (χ3v) is 11.1. The molecule has 12 nitrogen and oxygen atoms in total. The van der Waals surface area contributed by atoms with Crippen LogP contribution in [-0.2, 0) is 32.7 Å². The van der Waals surface area contributed by atoms with Gasteiger partial charge >= 0.3 is 19.8 Å². The van der Waals surface area contributed by atoms with E-state index in [0.29, 0.717) is 30.3 Å². The smallest absolute Gasteiger partial charge is 0.462 e. The van der Waals surface area contributed by atoms with Crippen LogP contribution in [0.5, 0.6) is 0 Å². The van der Waals surface area contributed by atoms with Gasteiger partial charge in [0, 0.05) is 18.8 Å². The van der Waals surface area contributed by atoms with Gasteiger partial charge < -0.3 is 34.2 Å². The second-order valence-corrected chi connectivity index (χ2v) is 18.2. The first kappa shape index (κ1) is 54.6. The van der Waals surface area contributed by atoms with Gasteiger partial charge in [-0.1, -0.05) is 120 Å². The maximum atomic E-state index is 12.8. The lowest BCUT2D eigenvalue weighted by Gasteiger charge is -2.24. The lowest BCUT2D eigenvalue weighted by Crippen LogP contribution is -2.37. The summed E-state index contributed by atoms with van der Waals surface area (Å²) >= 11 is 0. The van der Waals surface area contributed by atoms with Gasteiger partial charge in [0.05, 0.1) is 52.5 Å². The third-order valence-electron chi connectivity index (χ3n) is 10.1. The van der Waals surface area contributed by atoms with E-state index in [0.717, 1.165) is 64.2 Å². The topological polar surface area (TPSA) is 169 Å². The van der Waals surface area contributed by atoms with Crippen LogP contribution in [0.2, 0.25) is 0 Å². The largest absolute Gasteiger partial charge is 0.472 e. The first-order valence-electron chi connectivity index (χ1n) is 22.3. The Morgan fingerprint density at radius 1 is 0.763 bits per heavy atom. The van der Waals surface area contributed by atoms with Gasteiger partial charge in [0.1, 0.15) is 19.8 Å². The highest BCUT2D eigenvalue weighted by atomic mass is 31.2. The molecule has 1 saturated carbocycles. The molecule has 13 heteroatoms. The Bertz CT molecular complexity index is 1310. The molecule has 1 aliphatic carbocycles. The first-order chi connectivity index (χ1) is 28.2. The molecule has 1 rings (SSSR count). The van der Waals surface area contributed by atoms with Gasteiger partial charge in [-0.3, -0.25) is 18.6 Å². The van der Waals surface area contributed by atoms with Crippen molar-refractivity contribution < 1.29 is 57.4 Å². The van der Waals surface area contributed by atoms with E-state index in [1.165, 1.54) is 19.3 Å². The van der Waals surface area contributed by atoms with Crippen molar-refractivity contribution in [2.45, 2.75) is 160 Å². The molecule has 0 spiro atoms. The molecule has 4 N–H and O–H groups in total. The van der Waals surface area contributed by atoms with Gasteiger partial charge in [-0.15, -0.1) is 0 Å². The molecule has 0 saturated heterocycles. The molecule has 0 amide bonds. The SMILES string of the molecule is CCCCC/C=C\C/C=C\C/C=C\CCCCCCC(=O)OC[C@H](COP(=O)(O)OCC[N+](C)(C)C)OC(=O)C/C=C\C[C@H]1[C@@H](/C=C/[C@H](O)CCCCC)[C@H](O)C[C@@H]1O. The molecular weight excluding hydrogens is 773 g/mol. The molecule has 0 aromatic heterocycles. The lowest BCUT2D eigenvalue weighted by molar-refractivity contribution is -0.870. The number of hydrogen-bond donors (Lipinski definition) is 4. The fourth-order valence-corrected chi connectivity index (χ4v) is 7.26. The Morgan fingerprint density at radius 2 is 1.39 bits per heavy atom. The maximum absolute atomic E-state index is 12.8. The van der Waals surface area contributed by atoms with E-state index in [2.05, 4.69) is 50.3 Å². The van der Waals surface area contributed by atoms with Crippen molar-refractivity contribution >= 4 is 19.8 Å². The zero-order chi connectivity index (χ0) is 43.8. The van der Waals surface area contributed by atoms with Crippen molar-refractivity contribution in [3.8, 4) is 0 Å². The lowest BCUT2D eigenvalue weighted by atomic mass is 9.89. The molecule has 0 bridgehead atoms. The quantitative estimate of drug-likeness (QED) is 0.0158. The van der Waals surface area contributed by atoms with Gasteiger partial charge in [0.25, 0.3) is 0 Å². The molecule has 0 aromatic carbocycles. The number of allylic oxidation sites excluding steroid dienone is 7. The Labute approximate surface area is 356 Å². The molecule has 0 aliphatic heterocycles. The molecule has 1 aliphatic rings. The minimum absolute atomic E-state index is 0.0323. The van der Waals surface area contributed by atoms with Crippen molar-refractivity contribution in [3.63, 3.8) is 0 Å². The highest BCUT2D eigenvalue weighted by molar-refractivity contribution is 7.47. The molecule has 59 heavy (non-hydrogen) atoms. The summed E-state index contributed by atoms with van der Waals surface area (Å²) in [4.78, 5) is 35.6. The Balaban J connectivity index is 2.57. The zero-order valence-electron chi connectivity index (χ0n) is 37.0. The Hall–Kier alpha value is -2.41. The number of phosphoric acid groups is 1. The number of hydrogen-bond acceptors (Lipinski definition) is 10. The van der Waals surface area contributed by atoms with Crippen LogP contribution >= 0.6 is 7.82 Å². The number of carbonyl (C=O) groups is 2. The van der Waals surface area contributed by atoms with E-state index in [1.807, 2.05) is 21.1 Å². The second-order valence-electron chi connectivity index (χ2n) is 16.7. The number of nitrogens with zero attached hydrogens (tertiary/aromatic N) is 1. The van der Waals surface area contributed by atoms with Crippen LogP contribution in [-0.4, -0.2) is 109 Å². The summed E-state index contributed by atoms with van der Waals surface area (Å²) in [7, 11) is 1.26. The zero-order valence-corrected chi connectivity index (χ0v) is 37.9. The molecule has 1 fully saturated rings. The molecule has 7 atom stereocenters. The van der Waals surface area contributed by atoms with Crippen LogP contribution in [0.4, 0.5) is 0 Å². The van der Waals surface area contributed by atoms with Gasteiger partial charge in [0.15, 0.2) is 6.10 Å². The van der Waals surface area contributed by atoms with Crippen molar-refractivity contribution in [2.24, 2.45) is 11.8 Å². The Morgan fingerprint density at radius 3 is 2.05 bits per heavy atom. The normalized spacial score (nSPS) is 21.0. The van der Waals surface area contributed by atoms with E-state index in [9.17, 15) is 34.4 Å².